The van der Waals surface area contributed by atoms with Crippen molar-refractivity contribution < 1.29 is 34.0 Å². The number of carbonyl (C=O) groups is 1. The van der Waals surface area contributed by atoms with Gasteiger partial charge in [0.05, 0.1) is 18.3 Å². The fourth-order valence-electron chi connectivity index (χ4n) is 5.96. The van der Waals surface area contributed by atoms with E-state index in [9.17, 15) is 9.90 Å². The predicted octanol–water partition coefficient (Wildman–Crippen LogP) is 6.56. The van der Waals surface area contributed by atoms with E-state index in [1.165, 1.54) is 25.3 Å². The van der Waals surface area contributed by atoms with Crippen molar-refractivity contribution in [2.45, 2.75) is 128 Å². The summed E-state index contributed by atoms with van der Waals surface area (Å²) in [6, 6.07) is 0. The molecule has 2 unspecified atom stereocenters. The van der Waals surface area contributed by atoms with Crippen LogP contribution in [0.25, 0.3) is 0 Å². The number of aliphatic hydroxyl groups excluding tert-OH is 1. The van der Waals surface area contributed by atoms with E-state index in [2.05, 4.69) is 32.1 Å². The topological polar surface area (TPSA) is 94.5 Å². The largest absolute Gasteiger partial charge is 0.478 e. The first-order valence-corrected chi connectivity index (χ1v) is 15.4. The van der Waals surface area contributed by atoms with E-state index in [1.54, 1.807) is 6.08 Å². The second-order valence-corrected chi connectivity index (χ2v) is 11.5. The Bertz CT molecular complexity index is 766. The summed E-state index contributed by atoms with van der Waals surface area (Å²) in [4.78, 5) is 10.7. The van der Waals surface area contributed by atoms with Crippen molar-refractivity contribution in [1.82, 2.24) is 0 Å². The minimum atomic E-state index is -0.937. The summed E-state index contributed by atoms with van der Waals surface area (Å²) in [5.41, 5.74) is 0. The van der Waals surface area contributed by atoms with Crippen molar-refractivity contribution >= 4 is 5.97 Å². The van der Waals surface area contributed by atoms with E-state index in [0.717, 1.165) is 64.6 Å². The van der Waals surface area contributed by atoms with Crippen LogP contribution >= 0.6 is 0 Å². The zero-order valence-electron chi connectivity index (χ0n) is 24.1. The van der Waals surface area contributed by atoms with Gasteiger partial charge in [0.2, 0.25) is 0 Å². The minimum Gasteiger partial charge on any atom is -0.478 e. The molecule has 2 N–H and O–H groups in total. The monoisotopic (exact) mass is 548 g/mol. The lowest BCUT2D eigenvalue weighted by Crippen LogP contribution is -2.31. The molecule has 0 radical (unpaired) electrons. The highest BCUT2D eigenvalue weighted by molar-refractivity contribution is 5.79. The molecule has 1 saturated carbocycles. The Morgan fingerprint density at radius 3 is 2.46 bits per heavy atom. The van der Waals surface area contributed by atoms with E-state index < -0.39 is 12.1 Å². The van der Waals surface area contributed by atoms with Crippen LogP contribution in [0.1, 0.15) is 97.3 Å². The maximum Gasteiger partial charge on any atom is 0.327 e. The van der Waals surface area contributed by atoms with E-state index >= 15 is 0 Å². The molecule has 0 aromatic heterocycles. The quantitative estimate of drug-likeness (QED) is 0.167. The van der Waals surface area contributed by atoms with E-state index in [1.807, 2.05) is 6.08 Å². The predicted molar refractivity (Wildman–Crippen MR) is 152 cm³/mol. The van der Waals surface area contributed by atoms with Gasteiger partial charge in [-0.3, -0.25) is 0 Å². The number of ether oxygens (including phenoxy) is 4. The average molecular weight is 549 g/mol. The molecular formula is C32H52O7. The van der Waals surface area contributed by atoms with Gasteiger partial charge in [-0.05, 0) is 69.6 Å². The minimum absolute atomic E-state index is 0.0499. The number of allylic oxidation sites excluding steroid dienone is 3. The number of aliphatic hydroxyl groups is 1. The van der Waals surface area contributed by atoms with Gasteiger partial charge in [0.15, 0.2) is 12.6 Å². The highest BCUT2D eigenvalue weighted by Gasteiger charge is 2.42. The molecule has 2 saturated heterocycles. The van der Waals surface area contributed by atoms with E-state index in [-0.39, 0.29) is 36.6 Å². The summed E-state index contributed by atoms with van der Waals surface area (Å²) < 4.78 is 24.6. The number of rotatable bonds is 16. The number of carboxylic acids is 1. The third-order valence-corrected chi connectivity index (χ3v) is 8.16. The van der Waals surface area contributed by atoms with Crippen molar-refractivity contribution in [3.05, 3.63) is 36.5 Å². The van der Waals surface area contributed by atoms with Gasteiger partial charge in [0, 0.05) is 31.6 Å². The first-order valence-electron chi connectivity index (χ1n) is 15.4. The molecule has 39 heavy (non-hydrogen) atoms. The van der Waals surface area contributed by atoms with Crippen LogP contribution in [0.4, 0.5) is 0 Å². The van der Waals surface area contributed by atoms with Gasteiger partial charge >= 0.3 is 5.97 Å². The Morgan fingerprint density at radius 2 is 1.79 bits per heavy atom. The molecule has 222 valence electrons. The first kappa shape index (κ1) is 32.0. The molecule has 3 fully saturated rings. The van der Waals surface area contributed by atoms with Crippen molar-refractivity contribution in [3.8, 4) is 0 Å². The van der Waals surface area contributed by atoms with Crippen LogP contribution in [-0.4, -0.2) is 60.3 Å². The highest BCUT2D eigenvalue weighted by Crippen LogP contribution is 2.40. The van der Waals surface area contributed by atoms with Crippen molar-refractivity contribution in [1.29, 1.82) is 0 Å². The maximum atomic E-state index is 11.2. The molecule has 7 heteroatoms. The summed E-state index contributed by atoms with van der Waals surface area (Å²) in [7, 11) is 0. The van der Waals surface area contributed by atoms with Crippen molar-refractivity contribution in [2.24, 2.45) is 17.8 Å². The van der Waals surface area contributed by atoms with Gasteiger partial charge < -0.3 is 29.2 Å². The number of hydrogen-bond donors (Lipinski definition) is 2. The van der Waals surface area contributed by atoms with Crippen LogP contribution in [0.3, 0.4) is 0 Å². The van der Waals surface area contributed by atoms with Gasteiger partial charge in [-0.2, -0.15) is 0 Å². The van der Waals surface area contributed by atoms with Crippen molar-refractivity contribution in [3.63, 3.8) is 0 Å². The number of aliphatic carboxylic acids is 1. The molecule has 1 aliphatic carbocycles. The number of carboxylic acid groups (broad SMARTS) is 1. The lowest BCUT2D eigenvalue weighted by Gasteiger charge is -2.30. The summed E-state index contributed by atoms with van der Waals surface area (Å²) in [5.74, 6) is -0.339. The van der Waals surface area contributed by atoms with Crippen LogP contribution in [-0.2, 0) is 23.7 Å². The lowest BCUT2D eigenvalue weighted by atomic mass is 9.89. The fraction of sp³-hybridized carbons (Fsp3) is 0.781. The molecule has 7 nitrogen and oxygen atoms in total. The molecule has 3 rings (SSSR count). The summed E-state index contributed by atoms with van der Waals surface area (Å²) >= 11 is 0. The van der Waals surface area contributed by atoms with Crippen LogP contribution in [0.2, 0.25) is 0 Å². The molecule has 2 heterocycles. The van der Waals surface area contributed by atoms with Gasteiger partial charge in [-0.15, -0.1) is 0 Å². The van der Waals surface area contributed by atoms with E-state index in [0.29, 0.717) is 18.8 Å². The van der Waals surface area contributed by atoms with Gasteiger partial charge in [-0.25, -0.2) is 4.79 Å². The maximum absolute atomic E-state index is 11.2. The van der Waals surface area contributed by atoms with Crippen LogP contribution in [0, 0.1) is 17.8 Å². The molecule has 0 aromatic carbocycles. The van der Waals surface area contributed by atoms with Crippen LogP contribution in [0.5, 0.6) is 0 Å². The smallest absolute Gasteiger partial charge is 0.327 e. The molecular weight excluding hydrogens is 496 g/mol. The second kappa shape index (κ2) is 18.0. The average Bonchev–Trinajstić information content (AvgIpc) is 3.22. The normalized spacial score (nSPS) is 31.9. The Morgan fingerprint density at radius 1 is 1.05 bits per heavy atom. The molecule has 0 aromatic rings. The van der Waals surface area contributed by atoms with Crippen LogP contribution in [0.15, 0.2) is 36.5 Å². The van der Waals surface area contributed by atoms with E-state index in [4.69, 9.17) is 24.1 Å². The lowest BCUT2D eigenvalue weighted by molar-refractivity contribution is -0.195. The Kier molecular flexibility index (Phi) is 14.8. The summed E-state index contributed by atoms with van der Waals surface area (Å²) in [6.07, 6.45) is 22.8. The molecule has 2 aliphatic heterocycles. The van der Waals surface area contributed by atoms with Gasteiger partial charge in [0.25, 0.3) is 0 Å². The standard InChI is InChI=1S/C32H52O7/c1-3-4-13-24(2)22-25(38-31-16-9-11-20-36-31)18-19-26-27(14-7-5-6-8-15-30(34)35)29(23-28(26)33)39-32-17-10-12-21-37-32/h5,7-8,15,18-19,24-29,31-33H,3-4,6,9-14,16-17,20-23H2,1-2H3,(H,34,35)/t24-,25+,26+,27+,28+,29-,31?,32?/m0/s1. The number of unbranched alkanes of at least 4 members (excludes halogenated alkanes) is 1. The zero-order chi connectivity index (χ0) is 27.9. The van der Waals surface area contributed by atoms with Crippen molar-refractivity contribution in [2.75, 3.05) is 13.2 Å². The SMILES string of the molecule is CCCC[C@H](C)C[C@@H](C=C[C@@H]1[C@@H](CC=CCC=CC(=O)O)[C@@H](OC2CCCCO2)C[C@H]1O)OC1CCCCO1. The third kappa shape index (κ3) is 11.9. The van der Waals surface area contributed by atoms with Gasteiger partial charge in [0.1, 0.15) is 0 Å². The third-order valence-electron chi connectivity index (χ3n) is 8.16. The molecule has 0 amide bonds. The number of hydrogen-bond acceptors (Lipinski definition) is 6. The molecule has 0 bridgehead atoms. The fourth-order valence-corrected chi connectivity index (χ4v) is 5.96. The highest BCUT2D eigenvalue weighted by atomic mass is 16.7. The molecule has 8 atom stereocenters. The molecule has 3 aliphatic rings. The molecule has 0 spiro atoms. The zero-order valence-corrected chi connectivity index (χ0v) is 24.1. The Balaban J connectivity index is 1.70. The Labute approximate surface area is 235 Å². The first-order chi connectivity index (χ1) is 19.0. The van der Waals surface area contributed by atoms with Gasteiger partial charge in [-0.1, -0.05) is 63.5 Å². The Hall–Kier alpha value is -1.51. The summed E-state index contributed by atoms with van der Waals surface area (Å²) in [5, 5.41) is 20.0. The van der Waals surface area contributed by atoms with Crippen LogP contribution < -0.4 is 0 Å². The summed E-state index contributed by atoms with van der Waals surface area (Å²) in [6.45, 7) is 6.01. The second-order valence-electron chi connectivity index (χ2n) is 11.5.